The lowest BCUT2D eigenvalue weighted by Gasteiger charge is -2.08. The van der Waals surface area contributed by atoms with Crippen molar-refractivity contribution in [3.63, 3.8) is 0 Å². The van der Waals surface area contributed by atoms with E-state index in [1.807, 2.05) is 35.3 Å². The maximum absolute atomic E-state index is 5.61. The third-order valence-corrected chi connectivity index (χ3v) is 3.74. The van der Waals surface area contributed by atoms with E-state index >= 15 is 0 Å². The van der Waals surface area contributed by atoms with Gasteiger partial charge in [0.1, 0.15) is 4.60 Å². The number of nitrogens with one attached hydrogen (secondary N) is 1. The van der Waals surface area contributed by atoms with Crippen molar-refractivity contribution in [2.45, 2.75) is 32.0 Å². The molecule has 1 fully saturated rings. The molecule has 3 rings (SSSR count). The van der Waals surface area contributed by atoms with Gasteiger partial charge in [0.15, 0.2) is 0 Å². The summed E-state index contributed by atoms with van der Waals surface area (Å²) >= 11 is 3.37. The van der Waals surface area contributed by atoms with Crippen LogP contribution in [0.3, 0.4) is 0 Å². The van der Waals surface area contributed by atoms with Crippen LogP contribution in [0.25, 0.3) is 0 Å². The molecule has 1 aliphatic rings. The van der Waals surface area contributed by atoms with Crippen LogP contribution in [0.15, 0.2) is 35.2 Å². The van der Waals surface area contributed by atoms with Crippen LogP contribution in [0, 0.1) is 0 Å². The summed E-state index contributed by atoms with van der Waals surface area (Å²) in [5.74, 6) is 0. The lowest BCUT2D eigenvalue weighted by molar-refractivity contribution is 0.0940. The van der Waals surface area contributed by atoms with Gasteiger partial charge in [0, 0.05) is 12.8 Å². The van der Waals surface area contributed by atoms with Gasteiger partial charge in [-0.3, -0.25) is 4.68 Å². The summed E-state index contributed by atoms with van der Waals surface area (Å²) in [6.45, 7) is 2.40. The molecule has 1 N–H and O–H groups in total. The highest BCUT2D eigenvalue weighted by atomic mass is 79.9. The van der Waals surface area contributed by atoms with E-state index in [1.165, 1.54) is 0 Å². The Morgan fingerprint density at radius 1 is 1.45 bits per heavy atom. The van der Waals surface area contributed by atoms with Crippen LogP contribution in [-0.2, 0) is 17.8 Å². The Hall–Kier alpha value is -1.40. The number of aromatic nitrogens is 3. The first kappa shape index (κ1) is 13.6. The summed E-state index contributed by atoms with van der Waals surface area (Å²) < 4.78 is 8.40. The maximum Gasteiger partial charge on any atom is 0.106 e. The minimum absolute atomic E-state index is 0.314. The third-order valence-electron chi connectivity index (χ3n) is 3.29. The van der Waals surface area contributed by atoms with Gasteiger partial charge < -0.3 is 10.1 Å². The number of nitrogens with zero attached hydrogens (tertiary/aromatic N) is 3. The van der Waals surface area contributed by atoms with Crippen LogP contribution in [0.2, 0.25) is 0 Å². The van der Waals surface area contributed by atoms with Crippen LogP contribution in [0.4, 0.5) is 5.69 Å². The highest BCUT2D eigenvalue weighted by Gasteiger charge is 2.16. The fourth-order valence-electron chi connectivity index (χ4n) is 2.29. The van der Waals surface area contributed by atoms with Crippen molar-refractivity contribution in [3.8, 4) is 0 Å². The molecule has 106 valence electrons. The van der Waals surface area contributed by atoms with E-state index in [-0.39, 0.29) is 0 Å². The summed E-state index contributed by atoms with van der Waals surface area (Å²) in [5.41, 5.74) is 2.00. The van der Waals surface area contributed by atoms with Crippen LogP contribution in [0.1, 0.15) is 18.5 Å². The molecule has 5 nitrogen and oxygen atoms in total. The molecular formula is C14H17BrN4O. The molecule has 3 heterocycles. The summed E-state index contributed by atoms with van der Waals surface area (Å²) in [6, 6.07) is 5.90. The van der Waals surface area contributed by atoms with E-state index in [1.54, 1.807) is 0 Å². The topological polar surface area (TPSA) is 52.0 Å². The van der Waals surface area contributed by atoms with E-state index in [0.717, 1.165) is 42.0 Å². The highest BCUT2D eigenvalue weighted by molar-refractivity contribution is 9.10. The predicted molar refractivity (Wildman–Crippen MR) is 80.5 cm³/mol. The second kappa shape index (κ2) is 6.37. The Labute approximate surface area is 126 Å². The van der Waals surface area contributed by atoms with Crippen LogP contribution < -0.4 is 5.32 Å². The largest absolute Gasteiger partial charge is 0.377 e. The van der Waals surface area contributed by atoms with Crippen LogP contribution >= 0.6 is 15.9 Å². The van der Waals surface area contributed by atoms with Crippen LogP contribution in [-0.4, -0.2) is 27.5 Å². The van der Waals surface area contributed by atoms with Crippen molar-refractivity contribution in [3.05, 3.63) is 40.9 Å². The van der Waals surface area contributed by atoms with Crippen molar-refractivity contribution >= 4 is 21.6 Å². The van der Waals surface area contributed by atoms with Gasteiger partial charge in [-0.05, 0) is 40.9 Å². The Kier molecular flexibility index (Phi) is 4.32. The monoisotopic (exact) mass is 336 g/mol. The molecule has 2 aromatic rings. The Bertz CT molecular complexity index is 566. The molecule has 1 atom stereocenters. The van der Waals surface area contributed by atoms with Gasteiger partial charge in [-0.15, -0.1) is 0 Å². The van der Waals surface area contributed by atoms with Gasteiger partial charge in [0.2, 0.25) is 0 Å². The molecule has 0 amide bonds. The number of rotatable bonds is 5. The predicted octanol–water partition coefficient (Wildman–Crippen LogP) is 2.83. The zero-order chi connectivity index (χ0) is 13.8. The summed E-state index contributed by atoms with van der Waals surface area (Å²) in [5, 5.41) is 7.68. The zero-order valence-corrected chi connectivity index (χ0v) is 12.7. The molecule has 1 unspecified atom stereocenters. The minimum Gasteiger partial charge on any atom is -0.377 e. The molecule has 20 heavy (non-hydrogen) atoms. The molecule has 1 aliphatic heterocycles. The molecule has 2 aromatic heterocycles. The quantitative estimate of drug-likeness (QED) is 0.853. The van der Waals surface area contributed by atoms with Gasteiger partial charge in [0.25, 0.3) is 0 Å². The molecule has 0 aromatic carbocycles. The molecule has 6 heteroatoms. The minimum atomic E-state index is 0.314. The van der Waals surface area contributed by atoms with Crippen molar-refractivity contribution < 1.29 is 4.74 Å². The van der Waals surface area contributed by atoms with E-state index < -0.39 is 0 Å². The first-order valence-corrected chi connectivity index (χ1v) is 7.58. The van der Waals surface area contributed by atoms with Gasteiger partial charge in [-0.1, -0.05) is 6.07 Å². The standard InChI is InChI=1S/C14H17BrN4O/c15-14-5-1-3-11(18-14)7-16-12-8-17-19(9-12)10-13-4-2-6-20-13/h1,3,5,8-9,13,16H,2,4,6-7,10H2. The fraction of sp³-hybridized carbons (Fsp3) is 0.429. The van der Waals surface area contributed by atoms with Gasteiger partial charge in [-0.2, -0.15) is 5.10 Å². The molecule has 0 saturated carbocycles. The summed E-state index contributed by atoms with van der Waals surface area (Å²) in [6.07, 6.45) is 6.46. The molecule has 0 radical (unpaired) electrons. The van der Waals surface area contributed by atoms with E-state index in [9.17, 15) is 0 Å². The number of hydrogen-bond donors (Lipinski definition) is 1. The second-order valence-electron chi connectivity index (χ2n) is 4.89. The Morgan fingerprint density at radius 3 is 3.20 bits per heavy atom. The zero-order valence-electron chi connectivity index (χ0n) is 11.1. The highest BCUT2D eigenvalue weighted by Crippen LogP contribution is 2.15. The number of anilines is 1. The van der Waals surface area contributed by atoms with Crippen molar-refractivity contribution in [1.29, 1.82) is 0 Å². The van der Waals surface area contributed by atoms with Crippen molar-refractivity contribution in [2.24, 2.45) is 0 Å². The summed E-state index contributed by atoms with van der Waals surface area (Å²) in [4.78, 5) is 4.39. The van der Waals surface area contributed by atoms with E-state index in [4.69, 9.17) is 4.74 Å². The van der Waals surface area contributed by atoms with Gasteiger partial charge >= 0.3 is 0 Å². The molecule has 1 saturated heterocycles. The van der Waals surface area contributed by atoms with Crippen LogP contribution in [0.5, 0.6) is 0 Å². The first-order chi connectivity index (χ1) is 9.79. The lowest BCUT2D eigenvalue weighted by Crippen LogP contribution is -2.15. The van der Waals surface area contributed by atoms with Crippen molar-refractivity contribution in [1.82, 2.24) is 14.8 Å². The average molecular weight is 337 g/mol. The maximum atomic E-state index is 5.61. The fourth-order valence-corrected chi connectivity index (χ4v) is 2.67. The van der Waals surface area contributed by atoms with Crippen molar-refractivity contribution in [2.75, 3.05) is 11.9 Å². The average Bonchev–Trinajstić information content (AvgIpc) is 3.09. The SMILES string of the molecule is Brc1cccc(CNc2cnn(CC3CCCO3)c2)n1. The molecule has 0 spiro atoms. The number of halogens is 1. The second-order valence-corrected chi connectivity index (χ2v) is 5.70. The molecular weight excluding hydrogens is 320 g/mol. The smallest absolute Gasteiger partial charge is 0.106 e. The van der Waals surface area contributed by atoms with E-state index in [0.29, 0.717) is 12.6 Å². The third kappa shape index (κ3) is 3.58. The normalized spacial score (nSPS) is 18.4. The molecule has 0 aliphatic carbocycles. The first-order valence-electron chi connectivity index (χ1n) is 6.79. The summed E-state index contributed by atoms with van der Waals surface area (Å²) in [7, 11) is 0. The van der Waals surface area contributed by atoms with Gasteiger partial charge in [0.05, 0.1) is 36.8 Å². The molecule has 0 bridgehead atoms. The number of hydrogen-bond acceptors (Lipinski definition) is 4. The Morgan fingerprint density at radius 2 is 2.40 bits per heavy atom. The van der Waals surface area contributed by atoms with E-state index in [2.05, 4.69) is 31.3 Å². The Balaban J connectivity index is 1.54. The number of ether oxygens (including phenoxy) is 1. The number of pyridine rings is 1. The van der Waals surface area contributed by atoms with Gasteiger partial charge in [-0.25, -0.2) is 4.98 Å². The lowest BCUT2D eigenvalue weighted by atomic mass is 10.2.